The summed E-state index contributed by atoms with van der Waals surface area (Å²) < 4.78 is 5.27. The first-order valence-electron chi connectivity index (χ1n) is 4.73. The molecule has 0 aromatic rings. The molecule has 0 bridgehead atoms. The van der Waals surface area contributed by atoms with Gasteiger partial charge < -0.3 is 10.5 Å². The number of nitrogens with zero attached hydrogens (tertiary/aromatic N) is 1. The predicted molar refractivity (Wildman–Crippen MR) is 50.1 cm³/mol. The highest BCUT2D eigenvalue weighted by Crippen LogP contribution is 2.08. The third-order valence-electron chi connectivity index (χ3n) is 2.50. The summed E-state index contributed by atoms with van der Waals surface area (Å²) in [5.41, 5.74) is 6.03. The molecule has 1 heterocycles. The minimum atomic E-state index is -0.0304. The van der Waals surface area contributed by atoms with Crippen LogP contribution in [0.3, 0.4) is 0 Å². The molecule has 1 saturated heterocycles. The van der Waals surface area contributed by atoms with E-state index in [1.807, 2.05) is 0 Å². The van der Waals surface area contributed by atoms with Crippen molar-refractivity contribution in [1.82, 2.24) is 4.90 Å². The van der Waals surface area contributed by atoms with E-state index in [1.165, 1.54) is 0 Å². The van der Waals surface area contributed by atoms with Crippen LogP contribution in [-0.4, -0.2) is 43.3 Å². The predicted octanol–water partition coefficient (Wildman–Crippen LogP) is 0.446. The Labute approximate surface area is 74.9 Å². The molecule has 3 heteroatoms. The molecule has 1 fully saturated rings. The van der Waals surface area contributed by atoms with Crippen LogP contribution in [-0.2, 0) is 4.74 Å². The lowest BCUT2D eigenvalue weighted by Crippen LogP contribution is -2.50. The maximum atomic E-state index is 6.06. The summed E-state index contributed by atoms with van der Waals surface area (Å²) in [5.74, 6) is 0. The van der Waals surface area contributed by atoms with Crippen LogP contribution in [0.4, 0.5) is 0 Å². The van der Waals surface area contributed by atoms with E-state index in [0.29, 0.717) is 0 Å². The summed E-state index contributed by atoms with van der Waals surface area (Å²) in [4.78, 5) is 2.38. The Kier molecular flexibility index (Phi) is 3.50. The van der Waals surface area contributed by atoms with E-state index >= 15 is 0 Å². The van der Waals surface area contributed by atoms with Crippen LogP contribution in [0.15, 0.2) is 0 Å². The van der Waals surface area contributed by atoms with E-state index < -0.39 is 0 Å². The fourth-order valence-electron chi connectivity index (χ4n) is 1.38. The zero-order valence-electron chi connectivity index (χ0n) is 8.18. The van der Waals surface area contributed by atoms with Crippen molar-refractivity contribution in [2.24, 2.45) is 5.73 Å². The fourth-order valence-corrected chi connectivity index (χ4v) is 1.38. The van der Waals surface area contributed by atoms with Gasteiger partial charge >= 0.3 is 0 Å². The van der Waals surface area contributed by atoms with E-state index in [2.05, 4.69) is 18.7 Å². The number of ether oxygens (including phenoxy) is 1. The number of rotatable bonds is 3. The molecule has 0 aromatic heterocycles. The monoisotopic (exact) mass is 172 g/mol. The smallest absolute Gasteiger partial charge is 0.0594 e. The van der Waals surface area contributed by atoms with Crippen molar-refractivity contribution in [3.05, 3.63) is 0 Å². The molecule has 0 aromatic carbocycles. The average molecular weight is 172 g/mol. The maximum Gasteiger partial charge on any atom is 0.0594 e. The van der Waals surface area contributed by atoms with Gasteiger partial charge in [0.1, 0.15) is 0 Å². The van der Waals surface area contributed by atoms with Crippen molar-refractivity contribution in [1.29, 1.82) is 0 Å². The molecular weight excluding hydrogens is 152 g/mol. The first-order chi connectivity index (χ1) is 5.64. The Balaban J connectivity index is 2.28. The molecule has 12 heavy (non-hydrogen) atoms. The van der Waals surface area contributed by atoms with Gasteiger partial charge in [-0.05, 0) is 13.3 Å². The minimum absolute atomic E-state index is 0.0304. The van der Waals surface area contributed by atoms with Gasteiger partial charge in [-0.3, -0.25) is 4.90 Å². The van der Waals surface area contributed by atoms with E-state index in [1.54, 1.807) is 0 Å². The zero-order valence-corrected chi connectivity index (χ0v) is 8.18. The minimum Gasteiger partial charge on any atom is -0.379 e. The lowest BCUT2D eigenvalue weighted by atomic mass is 10.00. The third-order valence-corrected chi connectivity index (χ3v) is 2.50. The highest BCUT2D eigenvalue weighted by Gasteiger charge is 2.21. The number of nitrogens with two attached hydrogens (primary N) is 1. The highest BCUT2D eigenvalue weighted by atomic mass is 16.5. The number of hydrogen-bond acceptors (Lipinski definition) is 3. The van der Waals surface area contributed by atoms with Crippen LogP contribution < -0.4 is 5.73 Å². The normalized spacial score (nSPS) is 25.2. The van der Waals surface area contributed by atoms with Crippen molar-refractivity contribution in [3.63, 3.8) is 0 Å². The molecule has 1 aliphatic rings. The molecule has 0 amide bonds. The van der Waals surface area contributed by atoms with Crippen molar-refractivity contribution in [2.45, 2.75) is 25.8 Å². The molecule has 3 nitrogen and oxygen atoms in total. The van der Waals surface area contributed by atoms with Crippen LogP contribution in [0, 0.1) is 0 Å². The van der Waals surface area contributed by atoms with Gasteiger partial charge in [-0.1, -0.05) is 6.92 Å². The van der Waals surface area contributed by atoms with E-state index in [-0.39, 0.29) is 5.54 Å². The van der Waals surface area contributed by atoms with Crippen LogP contribution in [0.2, 0.25) is 0 Å². The lowest BCUT2D eigenvalue weighted by molar-refractivity contribution is 0.0286. The second kappa shape index (κ2) is 4.21. The summed E-state index contributed by atoms with van der Waals surface area (Å²) in [7, 11) is 0. The molecule has 1 unspecified atom stereocenters. The topological polar surface area (TPSA) is 38.5 Å². The van der Waals surface area contributed by atoms with E-state index in [0.717, 1.165) is 39.3 Å². The molecule has 0 saturated carbocycles. The van der Waals surface area contributed by atoms with Crippen molar-refractivity contribution in [2.75, 3.05) is 32.8 Å². The Morgan fingerprint density at radius 1 is 1.42 bits per heavy atom. The van der Waals surface area contributed by atoms with Gasteiger partial charge in [0.25, 0.3) is 0 Å². The van der Waals surface area contributed by atoms with Gasteiger partial charge in [-0.15, -0.1) is 0 Å². The number of morpholine rings is 1. The van der Waals surface area contributed by atoms with Gasteiger partial charge in [0.15, 0.2) is 0 Å². The first kappa shape index (κ1) is 9.96. The Hall–Kier alpha value is -0.120. The zero-order chi connectivity index (χ0) is 9.03. The van der Waals surface area contributed by atoms with Gasteiger partial charge in [0.05, 0.1) is 13.2 Å². The average Bonchev–Trinajstić information content (AvgIpc) is 2.06. The summed E-state index contributed by atoms with van der Waals surface area (Å²) in [6.07, 6.45) is 1.03. The molecule has 1 atom stereocenters. The Morgan fingerprint density at radius 3 is 2.50 bits per heavy atom. The Morgan fingerprint density at radius 2 is 2.00 bits per heavy atom. The highest BCUT2D eigenvalue weighted by molar-refractivity contribution is 4.81. The first-order valence-corrected chi connectivity index (χ1v) is 4.73. The fraction of sp³-hybridized carbons (Fsp3) is 1.00. The van der Waals surface area contributed by atoms with Gasteiger partial charge in [-0.2, -0.15) is 0 Å². The van der Waals surface area contributed by atoms with Crippen LogP contribution in [0.5, 0.6) is 0 Å². The van der Waals surface area contributed by atoms with Gasteiger partial charge in [0.2, 0.25) is 0 Å². The van der Waals surface area contributed by atoms with Crippen LogP contribution in [0.25, 0.3) is 0 Å². The van der Waals surface area contributed by atoms with Crippen molar-refractivity contribution >= 4 is 0 Å². The summed E-state index contributed by atoms with van der Waals surface area (Å²) in [6.45, 7) is 9.04. The molecule has 1 aliphatic heterocycles. The lowest BCUT2D eigenvalue weighted by Gasteiger charge is -2.34. The van der Waals surface area contributed by atoms with Crippen molar-refractivity contribution in [3.8, 4) is 0 Å². The van der Waals surface area contributed by atoms with Crippen LogP contribution >= 0.6 is 0 Å². The SMILES string of the molecule is CCC(C)(N)CN1CCOCC1. The van der Waals surface area contributed by atoms with E-state index in [4.69, 9.17) is 10.5 Å². The quantitative estimate of drug-likeness (QED) is 0.671. The molecule has 0 radical (unpaired) electrons. The molecule has 1 rings (SSSR count). The second-order valence-electron chi connectivity index (χ2n) is 3.90. The molecular formula is C9H20N2O. The van der Waals surface area contributed by atoms with Crippen molar-refractivity contribution < 1.29 is 4.74 Å². The van der Waals surface area contributed by atoms with Crippen LogP contribution in [0.1, 0.15) is 20.3 Å². The van der Waals surface area contributed by atoms with Gasteiger partial charge in [0, 0.05) is 25.2 Å². The molecule has 72 valence electrons. The summed E-state index contributed by atoms with van der Waals surface area (Å²) in [6, 6.07) is 0. The molecule has 2 N–H and O–H groups in total. The summed E-state index contributed by atoms with van der Waals surface area (Å²) >= 11 is 0. The Bertz CT molecular complexity index is 130. The standard InChI is InChI=1S/C9H20N2O/c1-3-9(2,10)8-11-4-6-12-7-5-11/h3-8,10H2,1-2H3. The number of hydrogen-bond donors (Lipinski definition) is 1. The largest absolute Gasteiger partial charge is 0.379 e. The second-order valence-corrected chi connectivity index (χ2v) is 3.90. The van der Waals surface area contributed by atoms with Gasteiger partial charge in [-0.25, -0.2) is 0 Å². The summed E-state index contributed by atoms with van der Waals surface area (Å²) in [5, 5.41) is 0. The molecule has 0 aliphatic carbocycles. The third kappa shape index (κ3) is 3.09. The maximum absolute atomic E-state index is 6.06. The molecule has 0 spiro atoms. The van der Waals surface area contributed by atoms with E-state index in [9.17, 15) is 0 Å².